The summed E-state index contributed by atoms with van der Waals surface area (Å²) < 4.78 is 10.4. The minimum absolute atomic E-state index is 0.198. The molecule has 7 heteroatoms. The van der Waals surface area contributed by atoms with E-state index in [1.165, 1.54) is 16.2 Å². The molecule has 124 valence electrons. The molecule has 2 aliphatic rings. The summed E-state index contributed by atoms with van der Waals surface area (Å²) in [4.78, 5) is 29.8. The second kappa shape index (κ2) is 7.25. The first-order valence-corrected chi connectivity index (χ1v) is 8.58. The summed E-state index contributed by atoms with van der Waals surface area (Å²) in [6, 6.07) is 3.79. The third-order valence-electron chi connectivity index (χ3n) is 3.97. The molecule has 0 bridgehead atoms. The smallest absolute Gasteiger partial charge is 0.277 e. The molecular formula is C16H20N2O4S. The molecule has 0 aliphatic carbocycles. The first-order chi connectivity index (χ1) is 11.2. The number of amides is 2. The molecular weight excluding hydrogens is 316 g/mol. The Hall–Kier alpha value is -1.70. The van der Waals surface area contributed by atoms with Gasteiger partial charge in [0.15, 0.2) is 0 Å². The van der Waals surface area contributed by atoms with Gasteiger partial charge in [0.05, 0.1) is 18.8 Å². The van der Waals surface area contributed by atoms with Gasteiger partial charge in [0.25, 0.3) is 11.8 Å². The lowest BCUT2D eigenvalue weighted by molar-refractivity contribution is -0.138. The largest absolute Gasteiger partial charge is 0.385 e. The van der Waals surface area contributed by atoms with Crippen molar-refractivity contribution >= 4 is 28.7 Å². The van der Waals surface area contributed by atoms with E-state index in [0.717, 1.165) is 4.88 Å². The van der Waals surface area contributed by atoms with Crippen molar-refractivity contribution in [3.8, 4) is 0 Å². The Morgan fingerprint density at radius 3 is 2.70 bits per heavy atom. The number of ether oxygens (including phenoxy) is 2. The molecule has 3 rings (SSSR count). The van der Waals surface area contributed by atoms with Crippen molar-refractivity contribution in [2.24, 2.45) is 0 Å². The molecule has 23 heavy (non-hydrogen) atoms. The Kier molecular flexibility index (Phi) is 5.09. The quantitative estimate of drug-likeness (QED) is 0.577. The average Bonchev–Trinajstić information content (AvgIpc) is 3.17. The SMILES string of the molecule is COCCCN1C(=O)C(c2cccs2)=C(N2CCOCC2)C1=O. The van der Waals surface area contributed by atoms with E-state index in [4.69, 9.17) is 9.47 Å². The third kappa shape index (κ3) is 3.17. The highest BCUT2D eigenvalue weighted by molar-refractivity contribution is 7.11. The molecule has 3 heterocycles. The summed E-state index contributed by atoms with van der Waals surface area (Å²) in [6.07, 6.45) is 0.641. The van der Waals surface area contributed by atoms with Crippen molar-refractivity contribution in [2.45, 2.75) is 6.42 Å². The summed E-state index contributed by atoms with van der Waals surface area (Å²) in [5.74, 6) is -0.397. The summed E-state index contributed by atoms with van der Waals surface area (Å²) in [6.45, 7) is 3.33. The Balaban J connectivity index is 1.91. The van der Waals surface area contributed by atoms with Crippen molar-refractivity contribution in [2.75, 3.05) is 46.6 Å². The van der Waals surface area contributed by atoms with Crippen LogP contribution in [0, 0.1) is 0 Å². The molecule has 0 unspecified atom stereocenters. The highest BCUT2D eigenvalue weighted by atomic mass is 32.1. The van der Waals surface area contributed by atoms with Gasteiger partial charge in [-0.2, -0.15) is 0 Å². The van der Waals surface area contributed by atoms with Crippen molar-refractivity contribution < 1.29 is 19.1 Å². The number of methoxy groups -OCH3 is 1. The Labute approximate surface area is 139 Å². The lowest BCUT2D eigenvalue weighted by atomic mass is 10.1. The molecule has 0 N–H and O–H groups in total. The molecule has 1 saturated heterocycles. The lowest BCUT2D eigenvalue weighted by Gasteiger charge is -2.29. The first-order valence-electron chi connectivity index (χ1n) is 7.70. The number of thiophene rings is 1. The number of imide groups is 1. The minimum atomic E-state index is -0.199. The molecule has 2 amide bonds. The zero-order chi connectivity index (χ0) is 16.2. The number of carbonyl (C=O) groups is 2. The lowest BCUT2D eigenvalue weighted by Crippen LogP contribution is -2.40. The molecule has 1 aromatic rings. The Morgan fingerprint density at radius 1 is 1.26 bits per heavy atom. The highest BCUT2D eigenvalue weighted by Gasteiger charge is 2.41. The summed E-state index contributed by atoms with van der Waals surface area (Å²) >= 11 is 1.48. The minimum Gasteiger partial charge on any atom is -0.385 e. The fourth-order valence-corrected chi connectivity index (χ4v) is 3.62. The number of morpholine rings is 1. The van der Waals surface area contributed by atoms with Gasteiger partial charge >= 0.3 is 0 Å². The molecule has 6 nitrogen and oxygen atoms in total. The van der Waals surface area contributed by atoms with Gasteiger partial charge in [-0.15, -0.1) is 11.3 Å². The summed E-state index contributed by atoms with van der Waals surface area (Å²) in [5, 5.41) is 1.92. The summed E-state index contributed by atoms with van der Waals surface area (Å²) in [5.41, 5.74) is 1.06. The Morgan fingerprint density at radius 2 is 2.04 bits per heavy atom. The molecule has 2 aliphatic heterocycles. The van der Waals surface area contributed by atoms with Crippen LogP contribution in [0.15, 0.2) is 23.2 Å². The molecule has 0 radical (unpaired) electrons. The highest BCUT2D eigenvalue weighted by Crippen LogP contribution is 2.34. The standard InChI is InChI=1S/C16H20N2O4S/c1-21-8-3-5-18-15(19)13(12-4-2-11-23-12)14(16(18)20)17-6-9-22-10-7-17/h2,4,11H,3,5-10H2,1H3. The first kappa shape index (κ1) is 16.2. The van der Waals surface area contributed by atoms with E-state index in [1.54, 1.807) is 7.11 Å². The predicted octanol–water partition coefficient (Wildman–Crippen LogP) is 1.20. The van der Waals surface area contributed by atoms with Crippen LogP contribution in [0.4, 0.5) is 0 Å². The molecule has 0 atom stereocenters. The molecule has 0 saturated carbocycles. The predicted molar refractivity (Wildman–Crippen MR) is 86.8 cm³/mol. The van der Waals surface area contributed by atoms with Crippen molar-refractivity contribution in [1.82, 2.24) is 9.80 Å². The third-order valence-corrected chi connectivity index (χ3v) is 4.86. The van der Waals surface area contributed by atoms with E-state index in [9.17, 15) is 9.59 Å². The molecule has 0 spiro atoms. The monoisotopic (exact) mass is 336 g/mol. The van der Waals surface area contributed by atoms with Gasteiger partial charge in [-0.05, 0) is 17.9 Å². The van der Waals surface area contributed by atoms with Crippen LogP contribution < -0.4 is 0 Å². The van der Waals surface area contributed by atoms with Gasteiger partial charge in [0.1, 0.15) is 5.70 Å². The number of nitrogens with zero attached hydrogens (tertiary/aromatic N) is 2. The number of carbonyl (C=O) groups excluding carboxylic acids is 2. The normalized spacial score (nSPS) is 19.2. The van der Waals surface area contributed by atoms with Crippen LogP contribution in [0.3, 0.4) is 0 Å². The van der Waals surface area contributed by atoms with E-state index in [2.05, 4.69) is 0 Å². The maximum atomic E-state index is 12.8. The number of rotatable bonds is 6. The zero-order valence-electron chi connectivity index (χ0n) is 13.1. The summed E-state index contributed by atoms with van der Waals surface area (Å²) in [7, 11) is 1.61. The van der Waals surface area contributed by atoms with Crippen molar-refractivity contribution in [3.63, 3.8) is 0 Å². The van der Waals surface area contributed by atoms with Gasteiger partial charge in [0.2, 0.25) is 0 Å². The Bertz CT molecular complexity index is 606. The fraction of sp³-hybridized carbons (Fsp3) is 0.500. The van der Waals surface area contributed by atoms with E-state index >= 15 is 0 Å². The van der Waals surface area contributed by atoms with E-state index in [0.29, 0.717) is 57.1 Å². The number of hydrogen-bond donors (Lipinski definition) is 0. The van der Waals surface area contributed by atoms with E-state index in [1.807, 2.05) is 22.4 Å². The second-order valence-electron chi connectivity index (χ2n) is 5.41. The molecule has 0 aromatic carbocycles. The zero-order valence-corrected chi connectivity index (χ0v) is 13.9. The maximum Gasteiger partial charge on any atom is 0.277 e. The average molecular weight is 336 g/mol. The van der Waals surface area contributed by atoms with Crippen molar-refractivity contribution in [3.05, 3.63) is 28.1 Å². The van der Waals surface area contributed by atoms with Crippen LogP contribution in [0.25, 0.3) is 5.57 Å². The van der Waals surface area contributed by atoms with E-state index in [-0.39, 0.29) is 11.8 Å². The van der Waals surface area contributed by atoms with Gasteiger partial charge in [-0.25, -0.2) is 0 Å². The van der Waals surface area contributed by atoms with Gasteiger partial charge < -0.3 is 14.4 Å². The van der Waals surface area contributed by atoms with Crippen LogP contribution in [0.2, 0.25) is 0 Å². The van der Waals surface area contributed by atoms with Crippen LogP contribution in [-0.2, 0) is 19.1 Å². The van der Waals surface area contributed by atoms with Gasteiger partial charge in [0, 0.05) is 38.2 Å². The number of hydrogen-bond acceptors (Lipinski definition) is 6. The topological polar surface area (TPSA) is 59.1 Å². The van der Waals surface area contributed by atoms with Crippen LogP contribution in [0.1, 0.15) is 11.3 Å². The fourth-order valence-electron chi connectivity index (χ4n) is 2.86. The molecule has 1 fully saturated rings. The maximum absolute atomic E-state index is 12.8. The van der Waals surface area contributed by atoms with Crippen LogP contribution in [0.5, 0.6) is 0 Å². The van der Waals surface area contributed by atoms with E-state index < -0.39 is 0 Å². The van der Waals surface area contributed by atoms with Crippen molar-refractivity contribution in [1.29, 1.82) is 0 Å². The second-order valence-corrected chi connectivity index (χ2v) is 6.36. The van der Waals surface area contributed by atoms with Gasteiger partial charge in [-0.1, -0.05) is 6.07 Å². The van der Waals surface area contributed by atoms with Crippen LogP contribution in [-0.4, -0.2) is 68.2 Å². The van der Waals surface area contributed by atoms with Gasteiger partial charge in [-0.3, -0.25) is 14.5 Å². The molecule has 1 aromatic heterocycles. The van der Waals surface area contributed by atoms with Crippen LogP contribution >= 0.6 is 11.3 Å².